The van der Waals surface area contributed by atoms with Gasteiger partial charge in [-0.05, 0) is 49.4 Å². The maximum atomic E-state index is 14.6. The summed E-state index contributed by atoms with van der Waals surface area (Å²) in [5.74, 6) is 0.819. The third kappa shape index (κ3) is 8.29. The number of carbonyl (C=O) groups is 1. The van der Waals surface area contributed by atoms with E-state index in [-0.39, 0.29) is 24.1 Å². The Kier molecular flexibility index (Phi) is 9.65. The summed E-state index contributed by atoms with van der Waals surface area (Å²) in [5.41, 5.74) is 1.24. The van der Waals surface area contributed by atoms with Crippen LogP contribution in [0.15, 0.2) is 54.7 Å². The van der Waals surface area contributed by atoms with Crippen molar-refractivity contribution in [2.75, 3.05) is 64.1 Å². The molecule has 2 heterocycles. The number of hydrogen-bond acceptors (Lipinski definition) is 9. The fourth-order valence-corrected chi connectivity index (χ4v) is 3.91. The highest BCUT2D eigenvalue weighted by Crippen LogP contribution is 2.23. The Hall–Kier alpha value is -3.96. The van der Waals surface area contributed by atoms with Gasteiger partial charge in [0.25, 0.3) is 0 Å². The molecule has 1 aromatic heterocycles. The van der Waals surface area contributed by atoms with E-state index in [1.54, 1.807) is 25.3 Å². The first-order valence-electron chi connectivity index (χ1n) is 12.5. The third-order valence-corrected chi connectivity index (χ3v) is 6.05. The first-order valence-corrected chi connectivity index (χ1v) is 12.5. The van der Waals surface area contributed by atoms with Crippen LogP contribution in [0.5, 0.6) is 11.5 Å². The summed E-state index contributed by atoms with van der Waals surface area (Å²) in [4.78, 5) is 25.3. The number of rotatable bonds is 11. The monoisotopic (exact) mass is 524 g/mol. The van der Waals surface area contributed by atoms with Gasteiger partial charge in [0, 0.05) is 50.7 Å². The minimum atomic E-state index is -0.669. The molecule has 2 N–H and O–H groups in total. The van der Waals surface area contributed by atoms with Crippen LogP contribution >= 0.6 is 0 Å². The molecule has 0 unspecified atom stereocenters. The van der Waals surface area contributed by atoms with Gasteiger partial charge in [0.2, 0.25) is 5.95 Å². The average Bonchev–Trinajstić information content (AvgIpc) is 2.92. The zero-order chi connectivity index (χ0) is 26.7. The SMILES string of the molecule is COc1cccc(COC(=O)Nc2ccnc(Nc3ccc(OCCCN4CCN(C)CC4)c(F)c3)n2)c1. The fraction of sp³-hybridized carbons (Fsp3) is 0.370. The Morgan fingerprint density at radius 2 is 1.95 bits per heavy atom. The Morgan fingerprint density at radius 3 is 2.74 bits per heavy atom. The zero-order valence-electron chi connectivity index (χ0n) is 21.7. The van der Waals surface area contributed by atoms with Crippen LogP contribution in [0.1, 0.15) is 12.0 Å². The van der Waals surface area contributed by atoms with Crippen molar-refractivity contribution in [3.8, 4) is 11.5 Å². The van der Waals surface area contributed by atoms with Crippen LogP contribution in [0.4, 0.5) is 26.6 Å². The van der Waals surface area contributed by atoms with E-state index in [1.165, 1.54) is 18.3 Å². The molecule has 38 heavy (non-hydrogen) atoms. The number of methoxy groups -OCH3 is 1. The van der Waals surface area contributed by atoms with Crippen molar-refractivity contribution in [1.29, 1.82) is 0 Å². The van der Waals surface area contributed by atoms with E-state index in [0.717, 1.165) is 44.7 Å². The van der Waals surface area contributed by atoms with Gasteiger partial charge in [-0.3, -0.25) is 5.32 Å². The molecule has 1 fully saturated rings. The normalized spacial score (nSPS) is 14.1. The number of piperazine rings is 1. The molecule has 2 aromatic carbocycles. The van der Waals surface area contributed by atoms with E-state index in [0.29, 0.717) is 18.0 Å². The molecule has 0 saturated carbocycles. The lowest BCUT2D eigenvalue weighted by Crippen LogP contribution is -2.44. The number of carbonyl (C=O) groups excluding carboxylic acids is 1. The quantitative estimate of drug-likeness (QED) is 0.359. The summed E-state index contributed by atoms with van der Waals surface area (Å²) in [5, 5.41) is 5.49. The molecule has 11 heteroatoms. The lowest BCUT2D eigenvalue weighted by atomic mass is 10.2. The number of hydrogen-bond donors (Lipinski definition) is 2. The molecule has 10 nitrogen and oxygen atoms in total. The second kappa shape index (κ2) is 13.5. The van der Waals surface area contributed by atoms with Crippen molar-refractivity contribution < 1.29 is 23.4 Å². The molecule has 0 atom stereocenters. The molecule has 1 saturated heterocycles. The lowest BCUT2D eigenvalue weighted by molar-refractivity contribution is 0.145. The molecule has 0 spiro atoms. The predicted molar refractivity (Wildman–Crippen MR) is 143 cm³/mol. The lowest BCUT2D eigenvalue weighted by Gasteiger charge is -2.32. The number of nitrogens with zero attached hydrogens (tertiary/aromatic N) is 4. The molecule has 1 aliphatic heterocycles. The Morgan fingerprint density at radius 1 is 1.11 bits per heavy atom. The summed E-state index contributed by atoms with van der Waals surface area (Å²) < 4.78 is 30.7. The van der Waals surface area contributed by atoms with Gasteiger partial charge in [0.1, 0.15) is 18.2 Å². The number of amides is 1. The molecular weight excluding hydrogens is 491 g/mol. The average molecular weight is 525 g/mol. The number of nitrogens with one attached hydrogen (secondary N) is 2. The molecule has 0 radical (unpaired) electrons. The van der Waals surface area contributed by atoms with E-state index in [2.05, 4.69) is 37.4 Å². The Labute approximate surface area is 221 Å². The van der Waals surface area contributed by atoms with E-state index >= 15 is 0 Å². The van der Waals surface area contributed by atoms with E-state index in [9.17, 15) is 9.18 Å². The number of halogens is 1. The first-order chi connectivity index (χ1) is 18.5. The Balaban J connectivity index is 1.23. The van der Waals surface area contributed by atoms with Crippen LogP contribution in [0.3, 0.4) is 0 Å². The summed E-state index contributed by atoms with van der Waals surface area (Å²) in [7, 11) is 3.70. The van der Waals surface area contributed by atoms with Gasteiger partial charge in [-0.25, -0.2) is 14.2 Å². The number of ether oxygens (including phenoxy) is 3. The number of benzene rings is 2. The van der Waals surface area contributed by atoms with Gasteiger partial charge in [-0.1, -0.05) is 12.1 Å². The smallest absolute Gasteiger partial charge is 0.413 e. The standard InChI is InChI=1S/C27H33FN6O4/c1-33-12-14-34(15-13-33)11-4-16-37-24-8-7-21(18-23(24)28)30-26-29-10-9-25(31-26)32-27(35)38-19-20-5-3-6-22(17-20)36-2/h3,5-10,17-18H,4,11-16,19H2,1-2H3,(H2,29,30,31,32,35). The number of likely N-dealkylation sites (N-methyl/N-ethyl adjacent to an activating group) is 1. The van der Waals surface area contributed by atoms with Crippen molar-refractivity contribution in [1.82, 2.24) is 19.8 Å². The summed E-state index contributed by atoms with van der Waals surface area (Å²) in [6, 6.07) is 13.3. The summed E-state index contributed by atoms with van der Waals surface area (Å²) in [6.07, 6.45) is 1.64. The second-order valence-electron chi connectivity index (χ2n) is 8.94. The molecule has 3 aromatic rings. The van der Waals surface area contributed by atoms with Crippen molar-refractivity contribution in [3.63, 3.8) is 0 Å². The van der Waals surface area contributed by atoms with Crippen LogP contribution < -0.4 is 20.1 Å². The maximum absolute atomic E-state index is 14.6. The van der Waals surface area contributed by atoms with Gasteiger partial charge in [-0.2, -0.15) is 4.98 Å². The molecule has 1 aliphatic rings. The predicted octanol–water partition coefficient (Wildman–Crippen LogP) is 4.13. The molecule has 1 amide bonds. The Bertz CT molecular complexity index is 1210. The topological polar surface area (TPSA) is 101 Å². The van der Waals surface area contributed by atoms with Gasteiger partial charge in [0.05, 0.1) is 13.7 Å². The van der Waals surface area contributed by atoms with Crippen LogP contribution in [-0.4, -0.2) is 79.3 Å². The van der Waals surface area contributed by atoms with E-state index < -0.39 is 11.9 Å². The van der Waals surface area contributed by atoms with Crippen molar-refractivity contribution in [3.05, 3.63) is 66.1 Å². The van der Waals surface area contributed by atoms with E-state index in [1.807, 2.05) is 18.2 Å². The first kappa shape index (κ1) is 27.1. The summed E-state index contributed by atoms with van der Waals surface area (Å²) >= 11 is 0. The van der Waals surface area contributed by atoms with Crippen LogP contribution in [0, 0.1) is 5.82 Å². The minimum Gasteiger partial charge on any atom is -0.497 e. The van der Waals surface area contributed by atoms with Gasteiger partial charge < -0.3 is 29.3 Å². The fourth-order valence-electron chi connectivity index (χ4n) is 3.91. The highest BCUT2D eigenvalue weighted by molar-refractivity contribution is 5.83. The second-order valence-corrected chi connectivity index (χ2v) is 8.94. The number of aromatic nitrogens is 2. The van der Waals surface area contributed by atoms with Gasteiger partial charge >= 0.3 is 6.09 Å². The molecule has 202 valence electrons. The van der Waals surface area contributed by atoms with E-state index in [4.69, 9.17) is 14.2 Å². The van der Waals surface area contributed by atoms with Crippen LogP contribution in [0.25, 0.3) is 0 Å². The van der Waals surface area contributed by atoms with Crippen LogP contribution in [0.2, 0.25) is 0 Å². The highest BCUT2D eigenvalue weighted by atomic mass is 19.1. The zero-order valence-corrected chi connectivity index (χ0v) is 21.7. The van der Waals surface area contributed by atoms with Crippen molar-refractivity contribution in [2.24, 2.45) is 0 Å². The number of anilines is 3. The summed E-state index contributed by atoms with van der Waals surface area (Å²) in [6.45, 7) is 5.69. The van der Waals surface area contributed by atoms with Gasteiger partial charge in [-0.15, -0.1) is 0 Å². The largest absolute Gasteiger partial charge is 0.497 e. The molecule has 4 rings (SSSR count). The highest BCUT2D eigenvalue weighted by Gasteiger charge is 2.13. The van der Waals surface area contributed by atoms with Crippen molar-refractivity contribution >= 4 is 23.5 Å². The molecule has 0 aliphatic carbocycles. The maximum Gasteiger partial charge on any atom is 0.413 e. The van der Waals surface area contributed by atoms with Gasteiger partial charge in [0.15, 0.2) is 11.6 Å². The molecular formula is C27H33FN6O4. The van der Waals surface area contributed by atoms with Crippen LogP contribution in [-0.2, 0) is 11.3 Å². The minimum absolute atomic E-state index is 0.0722. The van der Waals surface area contributed by atoms with Crippen molar-refractivity contribution in [2.45, 2.75) is 13.0 Å². The third-order valence-electron chi connectivity index (χ3n) is 6.05. The molecule has 0 bridgehead atoms.